The summed E-state index contributed by atoms with van der Waals surface area (Å²) in [6.07, 6.45) is 0. The minimum Gasteiger partial charge on any atom is -0.506 e. The van der Waals surface area contributed by atoms with Crippen LogP contribution in [0.5, 0.6) is 11.5 Å². The molecule has 0 unspecified atom stereocenters. The first-order valence-corrected chi connectivity index (χ1v) is 5.61. The van der Waals surface area contributed by atoms with Crippen LogP contribution in [0.2, 0.25) is 0 Å². The molecule has 0 atom stereocenters. The van der Waals surface area contributed by atoms with Crippen molar-refractivity contribution in [2.75, 3.05) is 5.73 Å². The lowest BCUT2D eigenvalue weighted by Gasteiger charge is -2.11. The SMILES string of the molecule is Nc1cc(C(=O)O)c(O)c(C(=O)c2ccccc2)c1O. The van der Waals surface area contributed by atoms with Gasteiger partial charge in [0.1, 0.15) is 16.9 Å². The lowest BCUT2D eigenvalue weighted by molar-refractivity contribution is 0.0693. The third-order valence-corrected chi connectivity index (χ3v) is 2.80. The molecule has 0 radical (unpaired) electrons. The highest BCUT2D eigenvalue weighted by Crippen LogP contribution is 2.37. The van der Waals surface area contributed by atoms with Crippen molar-refractivity contribution < 1.29 is 24.9 Å². The molecule has 102 valence electrons. The van der Waals surface area contributed by atoms with E-state index in [2.05, 4.69) is 0 Å². The number of anilines is 1. The van der Waals surface area contributed by atoms with Crippen molar-refractivity contribution in [2.45, 2.75) is 0 Å². The number of rotatable bonds is 3. The molecule has 6 heteroatoms. The summed E-state index contributed by atoms with van der Waals surface area (Å²) in [5, 5.41) is 28.6. The van der Waals surface area contributed by atoms with Crippen molar-refractivity contribution in [1.82, 2.24) is 0 Å². The quantitative estimate of drug-likeness (QED) is 0.292. The van der Waals surface area contributed by atoms with Gasteiger partial charge in [-0.25, -0.2) is 4.79 Å². The Kier molecular flexibility index (Phi) is 3.30. The standard InChI is InChI=1S/C14H11NO5/c15-9-6-8(14(19)20)12(17)10(13(9)18)11(16)7-4-2-1-3-5-7/h1-6,17-18H,15H2,(H,19,20). The Morgan fingerprint density at radius 3 is 2.15 bits per heavy atom. The summed E-state index contributed by atoms with van der Waals surface area (Å²) < 4.78 is 0. The number of hydrogen-bond acceptors (Lipinski definition) is 5. The number of ketones is 1. The van der Waals surface area contributed by atoms with E-state index in [1.807, 2.05) is 0 Å². The lowest BCUT2D eigenvalue weighted by atomic mass is 9.98. The number of carboxylic acids is 1. The summed E-state index contributed by atoms with van der Waals surface area (Å²) >= 11 is 0. The predicted octanol–water partition coefficient (Wildman–Crippen LogP) is 1.61. The number of nitrogen functional groups attached to an aromatic ring is 1. The second kappa shape index (κ2) is 4.93. The minimum absolute atomic E-state index is 0.194. The first kappa shape index (κ1) is 13.4. The highest BCUT2D eigenvalue weighted by Gasteiger charge is 2.25. The van der Waals surface area contributed by atoms with Gasteiger partial charge in [-0.05, 0) is 6.07 Å². The Hall–Kier alpha value is -3.02. The number of aromatic hydroxyl groups is 2. The number of carbonyl (C=O) groups is 2. The molecule has 0 saturated heterocycles. The molecule has 0 aliphatic carbocycles. The molecule has 2 rings (SSSR count). The van der Waals surface area contributed by atoms with Gasteiger partial charge in [0.25, 0.3) is 0 Å². The second-order valence-corrected chi connectivity index (χ2v) is 4.09. The first-order chi connectivity index (χ1) is 9.43. The molecule has 20 heavy (non-hydrogen) atoms. The van der Waals surface area contributed by atoms with E-state index in [0.29, 0.717) is 0 Å². The van der Waals surface area contributed by atoms with Crippen LogP contribution in [0.15, 0.2) is 36.4 Å². The monoisotopic (exact) mass is 273 g/mol. The summed E-state index contributed by atoms with van der Waals surface area (Å²) in [5.74, 6) is -3.61. The third-order valence-electron chi connectivity index (χ3n) is 2.80. The molecule has 0 aliphatic rings. The predicted molar refractivity (Wildman–Crippen MR) is 71.0 cm³/mol. The molecule has 0 amide bonds. The summed E-state index contributed by atoms with van der Waals surface area (Å²) in [6.45, 7) is 0. The number of carbonyl (C=O) groups excluding carboxylic acids is 1. The summed E-state index contributed by atoms with van der Waals surface area (Å²) in [6, 6.07) is 8.75. The number of carboxylic acid groups (broad SMARTS) is 1. The van der Waals surface area contributed by atoms with Crippen molar-refractivity contribution >= 4 is 17.4 Å². The maximum absolute atomic E-state index is 12.2. The van der Waals surface area contributed by atoms with Gasteiger partial charge in [-0.2, -0.15) is 0 Å². The fraction of sp³-hybridized carbons (Fsp3) is 0. The van der Waals surface area contributed by atoms with Crippen LogP contribution in [-0.2, 0) is 0 Å². The van der Waals surface area contributed by atoms with Crippen molar-refractivity contribution in [1.29, 1.82) is 0 Å². The smallest absolute Gasteiger partial charge is 0.339 e. The van der Waals surface area contributed by atoms with Gasteiger partial charge >= 0.3 is 5.97 Å². The molecule has 0 saturated carbocycles. The van der Waals surface area contributed by atoms with Crippen LogP contribution in [0, 0.1) is 0 Å². The number of benzene rings is 2. The van der Waals surface area contributed by atoms with Crippen LogP contribution in [0.4, 0.5) is 5.69 Å². The van der Waals surface area contributed by atoms with E-state index < -0.39 is 34.4 Å². The molecule has 5 N–H and O–H groups in total. The third kappa shape index (κ3) is 2.14. The molecule has 0 aliphatic heterocycles. The fourth-order valence-electron chi connectivity index (χ4n) is 1.80. The number of nitrogens with two attached hydrogens (primary N) is 1. The van der Waals surface area contributed by atoms with Crippen LogP contribution >= 0.6 is 0 Å². The Morgan fingerprint density at radius 2 is 1.60 bits per heavy atom. The van der Waals surface area contributed by atoms with Gasteiger partial charge in [-0.1, -0.05) is 30.3 Å². The zero-order chi connectivity index (χ0) is 14.9. The molecule has 0 spiro atoms. The van der Waals surface area contributed by atoms with Gasteiger partial charge in [0.2, 0.25) is 5.78 Å². The second-order valence-electron chi connectivity index (χ2n) is 4.09. The van der Waals surface area contributed by atoms with Crippen LogP contribution in [0.25, 0.3) is 0 Å². The molecule has 0 bridgehead atoms. The van der Waals surface area contributed by atoms with Crippen LogP contribution in [0.1, 0.15) is 26.3 Å². The Labute approximate surface area is 113 Å². The molecular formula is C14H11NO5. The zero-order valence-electron chi connectivity index (χ0n) is 10.2. The Morgan fingerprint density at radius 1 is 1.00 bits per heavy atom. The van der Waals surface area contributed by atoms with Crippen molar-refractivity contribution in [2.24, 2.45) is 0 Å². The topological polar surface area (TPSA) is 121 Å². The Balaban J connectivity index is 2.68. The van der Waals surface area contributed by atoms with E-state index in [1.165, 1.54) is 12.1 Å². The zero-order valence-corrected chi connectivity index (χ0v) is 10.2. The largest absolute Gasteiger partial charge is 0.506 e. The van der Waals surface area contributed by atoms with Crippen LogP contribution in [-0.4, -0.2) is 27.1 Å². The average molecular weight is 273 g/mol. The van der Waals surface area contributed by atoms with E-state index in [1.54, 1.807) is 18.2 Å². The van der Waals surface area contributed by atoms with E-state index in [0.717, 1.165) is 6.07 Å². The molecule has 0 heterocycles. The number of phenols is 2. The van der Waals surface area contributed by atoms with Gasteiger partial charge in [0, 0.05) is 5.56 Å². The van der Waals surface area contributed by atoms with Gasteiger partial charge < -0.3 is 21.1 Å². The van der Waals surface area contributed by atoms with Gasteiger partial charge in [0.05, 0.1) is 5.69 Å². The van der Waals surface area contributed by atoms with Gasteiger partial charge in [-0.15, -0.1) is 0 Å². The summed E-state index contributed by atoms with van der Waals surface area (Å²) in [7, 11) is 0. The van der Waals surface area contributed by atoms with E-state index >= 15 is 0 Å². The van der Waals surface area contributed by atoms with E-state index in [4.69, 9.17) is 10.8 Å². The fourth-order valence-corrected chi connectivity index (χ4v) is 1.80. The van der Waals surface area contributed by atoms with Crippen molar-refractivity contribution in [3.63, 3.8) is 0 Å². The first-order valence-electron chi connectivity index (χ1n) is 5.61. The van der Waals surface area contributed by atoms with Crippen molar-refractivity contribution in [3.8, 4) is 11.5 Å². The molecule has 6 nitrogen and oxygen atoms in total. The maximum atomic E-state index is 12.2. The molecule has 2 aromatic rings. The number of hydrogen-bond donors (Lipinski definition) is 4. The highest BCUT2D eigenvalue weighted by molar-refractivity contribution is 6.15. The van der Waals surface area contributed by atoms with E-state index in [9.17, 15) is 19.8 Å². The van der Waals surface area contributed by atoms with Gasteiger partial charge in [-0.3, -0.25) is 4.79 Å². The molecular weight excluding hydrogens is 262 g/mol. The van der Waals surface area contributed by atoms with Gasteiger partial charge in [0.15, 0.2) is 5.75 Å². The molecule has 0 aromatic heterocycles. The maximum Gasteiger partial charge on any atom is 0.339 e. The van der Waals surface area contributed by atoms with E-state index in [-0.39, 0.29) is 11.3 Å². The Bertz CT molecular complexity index is 694. The van der Waals surface area contributed by atoms with Crippen LogP contribution < -0.4 is 5.73 Å². The summed E-state index contributed by atoms with van der Waals surface area (Å²) in [5.41, 5.74) is 4.31. The highest BCUT2D eigenvalue weighted by atomic mass is 16.4. The number of phenolic OH excluding ortho intramolecular Hbond substituents is 1. The normalized spacial score (nSPS) is 10.2. The van der Waals surface area contributed by atoms with Crippen molar-refractivity contribution in [3.05, 3.63) is 53.1 Å². The minimum atomic E-state index is -1.45. The lowest BCUT2D eigenvalue weighted by Crippen LogP contribution is -2.08. The average Bonchev–Trinajstić information content (AvgIpc) is 2.43. The molecule has 0 fully saturated rings. The summed E-state index contributed by atoms with van der Waals surface area (Å²) in [4.78, 5) is 23.2. The number of aromatic carboxylic acids is 1. The molecule has 2 aromatic carbocycles. The van der Waals surface area contributed by atoms with Crippen LogP contribution in [0.3, 0.4) is 0 Å².